The van der Waals surface area contributed by atoms with Crippen molar-refractivity contribution in [3.63, 3.8) is 0 Å². The number of esters is 1. The van der Waals surface area contributed by atoms with Crippen LogP contribution in [0.1, 0.15) is 23.8 Å². The van der Waals surface area contributed by atoms with E-state index in [1.807, 2.05) is 13.0 Å². The van der Waals surface area contributed by atoms with Gasteiger partial charge in [0.25, 0.3) is 0 Å². The van der Waals surface area contributed by atoms with Crippen LogP contribution in [0, 0.1) is 6.92 Å². The van der Waals surface area contributed by atoms with Crippen LogP contribution in [0.15, 0.2) is 24.3 Å². The molecule has 0 spiro atoms. The summed E-state index contributed by atoms with van der Waals surface area (Å²) in [6.45, 7) is 5.59. The van der Waals surface area contributed by atoms with Gasteiger partial charge in [0.1, 0.15) is 12.6 Å². The number of thiophene rings is 1. The quantitative estimate of drug-likeness (QED) is 0.844. The fourth-order valence-electron chi connectivity index (χ4n) is 3.23. The number of rotatable bonds is 4. The number of aryl methyl sites for hydroxylation is 1. The summed E-state index contributed by atoms with van der Waals surface area (Å²) in [4.78, 5) is 16.5. The van der Waals surface area contributed by atoms with Crippen LogP contribution in [0.3, 0.4) is 0 Å². The number of ether oxygens (including phenoxy) is 2. The van der Waals surface area contributed by atoms with E-state index < -0.39 is 0 Å². The van der Waals surface area contributed by atoms with Gasteiger partial charge in [-0.1, -0.05) is 6.92 Å². The largest absolute Gasteiger partial charge is 0.504 e. The first-order valence-electron chi connectivity index (χ1n) is 8.40. The number of carbonyl (C=O) groups excluding carboxylic acids is 1. The molecule has 0 bridgehead atoms. The maximum Gasteiger partial charge on any atom is 0.323 e. The Kier molecular flexibility index (Phi) is 5.30. The first kappa shape index (κ1) is 17.8. The van der Waals surface area contributed by atoms with Crippen molar-refractivity contribution in [2.45, 2.75) is 32.9 Å². The van der Waals surface area contributed by atoms with E-state index in [1.165, 1.54) is 12.0 Å². The molecule has 5 nitrogen and oxygen atoms in total. The SMILES string of the molecule is CC[C@H](C(=O)OC)N1CCOc2c(O)cc(-c3ccc(C)s3)cc2C1. The fourth-order valence-corrected chi connectivity index (χ4v) is 4.08. The van der Waals surface area contributed by atoms with Gasteiger partial charge in [0, 0.05) is 28.4 Å². The van der Waals surface area contributed by atoms with Crippen molar-refractivity contribution in [2.24, 2.45) is 0 Å². The summed E-state index contributed by atoms with van der Waals surface area (Å²) in [5, 5.41) is 10.4. The van der Waals surface area contributed by atoms with Crippen LogP contribution < -0.4 is 4.74 Å². The number of nitrogens with zero attached hydrogens (tertiary/aromatic N) is 1. The van der Waals surface area contributed by atoms with Gasteiger partial charge < -0.3 is 14.6 Å². The number of hydrogen-bond donors (Lipinski definition) is 1. The molecule has 0 amide bonds. The third kappa shape index (κ3) is 3.65. The summed E-state index contributed by atoms with van der Waals surface area (Å²) in [7, 11) is 1.41. The molecule has 0 saturated carbocycles. The molecule has 1 aromatic heterocycles. The van der Waals surface area contributed by atoms with Crippen molar-refractivity contribution in [1.29, 1.82) is 0 Å². The first-order chi connectivity index (χ1) is 12.0. The number of benzene rings is 1. The molecule has 1 aromatic carbocycles. The minimum atomic E-state index is -0.311. The lowest BCUT2D eigenvalue weighted by Crippen LogP contribution is -2.42. The van der Waals surface area contributed by atoms with Crippen molar-refractivity contribution in [1.82, 2.24) is 4.90 Å². The van der Waals surface area contributed by atoms with Crippen LogP contribution in [0.4, 0.5) is 0 Å². The summed E-state index contributed by atoms with van der Waals surface area (Å²) in [5.74, 6) is 0.422. The van der Waals surface area contributed by atoms with Gasteiger partial charge in [0.05, 0.1) is 7.11 Å². The van der Waals surface area contributed by atoms with Gasteiger partial charge in [-0.05, 0) is 43.2 Å². The third-order valence-corrected chi connectivity index (χ3v) is 5.52. The Labute approximate surface area is 151 Å². The molecular formula is C19H23NO4S. The van der Waals surface area contributed by atoms with E-state index in [0.29, 0.717) is 31.9 Å². The topological polar surface area (TPSA) is 59.0 Å². The molecule has 0 aliphatic carbocycles. The maximum absolute atomic E-state index is 12.1. The number of carbonyl (C=O) groups is 1. The number of aromatic hydroxyl groups is 1. The van der Waals surface area contributed by atoms with E-state index in [4.69, 9.17) is 9.47 Å². The van der Waals surface area contributed by atoms with E-state index in [9.17, 15) is 9.90 Å². The lowest BCUT2D eigenvalue weighted by molar-refractivity contribution is -0.147. The molecule has 3 rings (SSSR count). The number of hydrogen-bond acceptors (Lipinski definition) is 6. The molecule has 1 atom stereocenters. The van der Waals surface area contributed by atoms with Crippen molar-refractivity contribution in [2.75, 3.05) is 20.3 Å². The Morgan fingerprint density at radius 1 is 1.44 bits per heavy atom. The highest BCUT2D eigenvalue weighted by Gasteiger charge is 2.29. The predicted molar refractivity (Wildman–Crippen MR) is 98.2 cm³/mol. The summed E-state index contributed by atoms with van der Waals surface area (Å²) in [5.41, 5.74) is 1.85. The summed E-state index contributed by atoms with van der Waals surface area (Å²) in [6, 6.07) is 7.60. The highest BCUT2D eigenvalue weighted by atomic mass is 32.1. The van der Waals surface area contributed by atoms with E-state index in [2.05, 4.69) is 24.0 Å². The second-order valence-electron chi connectivity index (χ2n) is 6.16. The molecule has 0 fully saturated rings. The number of methoxy groups -OCH3 is 1. The molecule has 0 saturated heterocycles. The van der Waals surface area contributed by atoms with E-state index in [1.54, 1.807) is 17.4 Å². The Morgan fingerprint density at radius 2 is 2.24 bits per heavy atom. The lowest BCUT2D eigenvalue weighted by Gasteiger charge is -2.27. The Balaban J connectivity index is 1.96. The predicted octanol–water partition coefficient (Wildman–Crippen LogP) is 3.58. The van der Waals surface area contributed by atoms with Crippen molar-refractivity contribution < 1.29 is 19.4 Å². The number of fused-ring (bicyclic) bond motifs is 1. The zero-order chi connectivity index (χ0) is 18.0. The Bertz CT molecular complexity index is 771. The smallest absolute Gasteiger partial charge is 0.323 e. The molecular weight excluding hydrogens is 338 g/mol. The van der Waals surface area contributed by atoms with Gasteiger partial charge in [0.15, 0.2) is 11.5 Å². The molecule has 1 N–H and O–H groups in total. The van der Waals surface area contributed by atoms with Crippen LogP contribution in [-0.4, -0.2) is 42.3 Å². The van der Waals surface area contributed by atoms with Gasteiger partial charge in [-0.2, -0.15) is 0 Å². The molecule has 2 aromatic rings. The molecule has 0 unspecified atom stereocenters. The standard InChI is InChI=1S/C19H23NO4S/c1-4-15(19(22)23-3)20-7-8-24-18-14(11-20)9-13(10-16(18)21)17-6-5-12(2)25-17/h5-6,9-10,15,21H,4,7-8,11H2,1-3H3/t15-/m1/s1. The molecule has 6 heteroatoms. The lowest BCUT2D eigenvalue weighted by atomic mass is 10.1. The van der Waals surface area contributed by atoms with Gasteiger partial charge in [0.2, 0.25) is 0 Å². The van der Waals surface area contributed by atoms with E-state index in [0.717, 1.165) is 16.0 Å². The summed E-state index contributed by atoms with van der Waals surface area (Å²) < 4.78 is 10.7. The van der Waals surface area contributed by atoms with Crippen molar-refractivity contribution in [3.05, 3.63) is 34.7 Å². The molecule has 1 aliphatic heterocycles. The minimum Gasteiger partial charge on any atom is -0.504 e. The highest BCUT2D eigenvalue weighted by molar-refractivity contribution is 7.15. The maximum atomic E-state index is 12.1. The summed E-state index contributed by atoms with van der Waals surface area (Å²) in [6.07, 6.45) is 0.664. The first-order valence-corrected chi connectivity index (χ1v) is 9.22. The number of phenols is 1. The molecule has 1 aliphatic rings. The second kappa shape index (κ2) is 7.45. The average molecular weight is 361 g/mol. The molecule has 2 heterocycles. The van der Waals surface area contributed by atoms with Crippen LogP contribution in [0.2, 0.25) is 0 Å². The van der Waals surface area contributed by atoms with Crippen LogP contribution in [0.5, 0.6) is 11.5 Å². The van der Waals surface area contributed by atoms with Gasteiger partial charge >= 0.3 is 5.97 Å². The third-order valence-electron chi connectivity index (χ3n) is 4.47. The van der Waals surface area contributed by atoms with Crippen molar-refractivity contribution >= 4 is 17.3 Å². The van der Waals surface area contributed by atoms with Gasteiger partial charge in [-0.15, -0.1) is 11.3 Å². The Morgan fingerprint density at radius 3 is 2.88 bits per heavy atom. The minimum absolute atomic E-state index is 0.145. The van der Waals surface area contributed by atoms with E-state index >= 15 is 0 Å². The fraction of sp³-hybridized carbons (Fsp3) is 0.421. The van der Waals surface area contributed by atoms with Crippen molar-refractivity contribution in [3.8, 4) is 21.9 Å². The van der Waals surface area contributed by atoms with E-state index in [-0.39, 0.29) is 17.8 Å². The highest BCUT2D eigenvalue weighted by Crippen LogP contribution is 2.39. The van der Waals surface area contributed by atoms with Gasteiger partial charge in [-0.3, -0.25) is 9.69 Å². The van der Waals surface area contributed by atoms with Crippen LogP contribution in [0.25, 0.3) is 10.4 Å². The van der Waals surface area contributed by atoms with Crippen LogP contribution in [-0.2, 0) is 16.1 Å². The average Bonchev–Trinajstić information content (AvgIpc) is 2.91. The molecule has 134 valence electrons. The summed E-state index contributed by atoms with van der Waals surface area (Å²) >= 11 is 1.69. The monoisotopic (exact) mass is 361 g/mol. The zero-order valence-corrected chi connectivity index (χ0v) is 15.6. The zero-order valence-electron chi connectivity index (χ0n) is 14.7. The molecule has 25 heavy (non-hydrogen) atoms. The van der Waals surface area contributed by atoms with Gasteiger partial charge in [-0.25, -0.2) is 0 Å². The second-order valence-corrected chi connectivity index (χ2v) is 7.45. The Hall–Kier alpha value is -2.05. The van der Waals surface area contributed by atoms with Crippen LogP contribution >= 0.6 is 11.3 Å². The molecule has 0 radical (unpaired) electrons. The normalized spacial score (nSPS) is 15.8. The number of phenolic OH excluding ortho intramolecular Hbond substituents is 1.